The van der Waals surface area contributed by atoms with E-state index in [1.54, 1.807) is 0 Å². The van der Waals surface area contributed by atoms with Gasteiger partial charge in [-0.3, -0.25) is 0 Å². The van der Waals surface area contributed by atoms with Crippen LogP contribution in [0.3, 0.4) is 0 Å². The number of hydrogen-bond donors (Lipinski definition) is 3. The molecule has 3 N–H and O–H groups in total. The zero-order chi connectivity index (χ0) is 29.8. The van der Waals surface area contributed by atoms with Crippen LogP contribution in [-0.2, 0) is 33.2 Å². The maximum Gasteiger partial charge on any atom is 0.385 e. The van der Waals surface area contributed by atoms with Gasteiger partial charge >= 0.3 is 5.97 Å². The molecule has 212 valence electrons. The number of esters is 1. The molecule has 2 unspecified atom stereocenters. The summed E-state index contributed by atoms with van der Waals surface area (Å²) >= 11 is 0. The molecule has 1 aliphatic rings. The van der Waals surface area contributed by atoms with Crippen molar-refractivity contribution in [2.24, 2.45) is 0 Å². The fourth-order valence-electron chi connectivity index (χ4n) is 3.00. The molecule has 0 saturated carbocycles. The highest BCUT2D eigenvalue weighted by molar-refractivity contribution is 5.89. The van der Waals surface area contributed by atoms with Gasteiger partial charge in [0.1, 0.15) is 31.0 Å². The third-order valence-electron chi connectivity index (χ3n) is 4.49. The number of terminal acetylenes is 1. The van der Waals surface area contributed by atoms with Crippen molar-refractivity contribution in [2.45, 2.75) is 24.4 Å². The maximum absolute atomic E-state index is 11.7. The summed E-state index contributed by atoms with van der Waals surface area (Å²) in [6.45, 7) is -0.233. The van der Waals surface area contributed by atoms with E-state index >= 15 is 0 Å². The van der Waals surface area contributed by atoms with Crippen molar-refractivity contribution in [3.63, 3.8) is 0 Å². The Morgan fingerprint density at radius 1 is 0.756 bits per heavy atom. The Morgan fingerprint density at radius 2 is 1.32 bits per heavy atom. The van der Waals surface area contributed by atoms with Crippen molar-refractivity contribution in [2.75, 3.05) is 66.1 Å². The molecule has 41 heavy (non-hydrogen) atoms. The van der Waals surface area contributed by atoms with Gasteiger partial charge in [0.15, 0.2) is 0 Å². The molecular formula is C31H28O10. The number of aliphatic hydroxyl groups excluding tert-OH is 3. The molecule has 10 nitrogen and oxygen atoms in total. The van der Waals surface area contributed by atoms with Crippen LogP contribution in [-0.4, -0.2) is 112 Å². The Labute approximate surface area is 240 Å². The van der Waals surface area contributed by atoms with Crippen LogP contribution < -0.4 is 0 Å². The largest absolute Gasteiger partial charge is 0.454 e. The molecule has 0 aliphatic carbocycles. The molecule has 1 fully saturated rings. The van der Waals surface area contributed by atoms with Crippen molar-refractivity contribution in [1.29, 1.82) is 0 Å². The second-order valence-corrected chi connectivity index (χ2v) is 7.23. The summed E-state index contributed by atoms with van der Waals surface area (Å²) < 4.78 is 33.2. The predicted molar refractivity (Wildman–Crippen MR) is 145 cm³/mol. The molecule has 1 rings (SSSR count). The minimum atomic E-state index is -0.799. The molecule has 1 aliphatic heterocycles. The number of rotatable bonds is 15. The smallest absolute Gasteiger partial charge is 0.385 e. The predicted octanol–water partition coefficient (Wildman–Crippen LogP) is -2.27. The maximum atomic E-state index is 11.7. The summed E-state index contributed by atoms with van der Waals surface area (Å²) in [4.78, 5) is 11.7. The molecule has 0 amide bonds. The molecular weight excluding hydrogens is 532 g/mol. The van der Waals surface area contributed by atoms with Crippen LogP contribution in [0, 0.1) is 95.2 Å². The Bertz CT molecular complexity index is 1300. The number of carbonyl (C=O) groups is 1. The van der Waals surface area contributed by atoms with E-state index in [4.69, 9.17) is 45.1 Å². The molecule has 0 bridgehead atoms. The Morgan fingerprint density at radius 3 is 1.90 bits per heavy atom. The van der Waals surface area contributed by atoms with Crippen molar-refractivity contribution in [1.82, 2.24) is 0 Å². The van der Waals surface area contributed by atoms with E-state index in [9.17, 15) is 9.90 Å². The molecule has 0 radical (unpaired) electrons. The van der Waals surface area contributed by atoms with Gasteiger partial charge in [-0.15, -0.1) is 6.42 Å². The quantitative estimate of drug-likeness (QED) is 0.0872. The Kier molecular flexibility index (Phi) is 20.8. The number of hydrogen-bond acceptors (Lipinski definition) is 10. The third kappa shape index (κ3) is 17.0. The van der Waals surface area contributed by atoms with Crippen LogP contribution in [0.5, 0.6) is 0 Å². The molecule has 1 saturated heterocycles. The number of aliphatic hydroxyl groups is 3. The van der Waals surface area contributed by atoms with Crippen LogP contribution in [0.1, 0.15) is 0 Å². The second-order valence-electron chi connectivity index (χ2n) is 7.23. The lowest BCUT2D eigenvalue weighted by molar-refractivity contribution is -0.144. The van der Waals surface area contributed by atoms with E-state index < -0.39 is 30.4 Å². The minimum absolute atomic E-state index is 0.0266. The number of ether oxygens (including phenoxy) is 6. The van der Waals surface area contributed by atoms with Gasteiger partial charge < -0.3 is 43.7 Å². The minimum Gasteiger partial charge on any atom is -0.454 e. The van der Waals surface area contributed by atoms with Crippen molar-refractivity contribution < 1.29 is 48.5 Å². The van der Waals surface area contributed by atoms with Crippen molar-refractivity contribution >= 4 is 5.97 Å². The highest BCUT2D eigenvalue weighted by atomic mass is 16.6. The van der Waals surface area contributed by atoms with Gasteiger partial charge in [-0.05, 0) is 82.9 Å². The molecule has 0 aromatic carbocycles. The molecule has 4 atom stereocenters. The third-order valence-corrected chi connectivity index (χ3v) is 4.49. The lowest BCUT2D eigenvalue weighted by Gasteiger charge is -2.29. The fourth-order valence-corrected chi connectivity index (χ4v) is 3.00. The first kappa shape index (κ1) is 34.7. The first-order valence-electron chi connectivity index (χ1n) is 12.2. The first-order chi connectivity index (χ1) is 20.2. The highest BCUT2D eigenvalue weighted by Crippen LogP contribution is 2.25. The van der Waals surface area contributed by atoms with Crippen LogP contribution in [0.15, 0.2) is 0 Å². The van der Waals surface area contributed by atoms with Gasteiger partial charge in [-0.2, -0.15) is 0 Å². The lowest BCUT2D eigenvalue weighted by Crippen LogP contribution is -2.45. The van der Waals surface area contributed by atoms with Gasteiger partial charge in [-0.25, -0.2) is 4.79 Å². The van der Waals surface area contributed by atoms with Crippen LogP contribution in [0.4, 0.5) is 0 Å². The SMILES string of the molecule is C#CC#CC#CC#CC#CC#CC#CC#CC(=O)OCCOCC(OCCO)C1OC[C@@H](OCCO)[C@@H]1OCCO. The Balaban J connectivity index is 2.47. The molecule has 0 aromatic heterocycles. The van der Waals surface area contributed by atoms with Crippen LogP contribution in [0.2, 0.25) is 0 Å². The molecule has 10 heteroatoms. The fraction of sp³-hybridized carbons (Fsp3) is 0.452. The summed E-state index contributed by atoms with van der Waals surface area (Å²) in [6.07, 6.45) is 2.59. The van der Waals surface area contributed by atoms with Crippen LogP contribution >= 0.6 is 0 Å². The average Bonchev–Trinajstić information content (AvgIpc) is 3.38. The van der Waals surface area contributed by atoms with Gasteiger partial charge in [0.25, 0.3) is 0 Å². The van der Waals surface area contributed by atoms with Crippen LogP contribution in [0.25, 0.3) is 0 Å². The standard InChI is InChI=1S/C31H28O10/c1-2-3-4-5-6-7-8-9-10-11-12-13-14-15-16-29(35)39-24-23-36-25-27(37-20-17-32)31-30(40-22-19-34)28(26-41-31)38-21-18-33/h1,27-28,30-34H,17-26H2/t27?,28-,30+,31?/m1/s1. The highest BCUT2D eigenvalue weighted by Gasteiger charge is 2.44. The van der Waals surface area contributed by atoms with Gasteiger partial charge in [0.05, 0.1) is 59.5 Å². The van der Waals surface area contributed by atoms with E-state index in [0.717, 1.165) is 0 Å². The van der Waals surface area contributed by atoms with E-state index in [1.165, 1.54) is 0 Å². The molecule has 1 heterocycles. The van der Waals surface area contributed by atoms with Crippen molar-refractivity contribution in [3.8, 4) is 95.2 Å². The summed E-state index contributed by atoms with van der Waals surface area (Å²) in [7, 11) is 0. The zero-order valence-electron chi connectivity index (χ0n) is 22.2. The molecule has 0 aromatic rings. The summed E-state index contributed by atoms with van der Waals surface area (Å²) in [6, 6.07) is 0. The number of carbonyl (C=O) groups excluding carboxylic acids is 1. The van der Waals surface area contributed by atoms with Gasteiger partial charge in [0.2, 0.25) is 0 Å². The Hall–Kier alpha value is -4.37. The molecule has 0 spiro atoms. The summed E-state index contributed by atoms with van der Waals surface area (Å²) in [5.41, 5.74) is 0. The lowest BCUT2D eigenvalue weighted by atomic mass is 10.1. The normalized spacial score (nSPS) is 16.6. The van der Waals surface area contributed by atoms with Crippen molar-refractivity contribution in [3.05, 3.63) is 0 Å². The van der Waals surface area contributed by atoms with Gasteiger partial charge in [-0.1, -0.05) is 0 Å². The topological polar surface area (TPSA) is 133 Å². The zero-order valence-corrected chi connectivity index (χ0v) is 22.2. The average molecular weight is 561 g/mol. The monoisotopic (exact) mass is 560 g/mol. The summed E-state index contributed by atoms with van der Waals surface area (Å²) in [5.74, 6) is 34.8. The first-order valence-corrected chi connectivity index (χ1v) is 12.2. The van der Waals surface area contributed by atoms with Gasteiger partial charge in [0, 0.05) is 5.92 Å². The second kappa shape index (κ2) is 24.7. The van der Waals surface area contributed by atoms with E-state index in [-0.39, 0.29) is 66.1 Å². The van der Waals surface area contributed by atoms with E-state index in [1.807, 2.05) is 0 Å². The summed E-state index contributed by atoms with van der Waals surface area (Å²) in [5, 5.41) is 27.4. The van der Waals surface area contributed by atoms with E-state index in [0.29, 0.717) is 0 Å². The van der Waals surface area contributed by atoms with E-state index in [2.05, 4.69) is 88.8 Å².